The molecule has 0 saturated heterocycles. The Morgan fingerprint density at radius 2 is 2.12 bits per heavy atom. The molecule has 5 nitrogen and oxygen atoms in total. The maximum atomic E-state index is 10.5. The number of carbonyl (C=O) groups is 1. The van der Waals surface area contributed by atoms with Gasteiger partial charge in [0.15, 0.2) is 6.29 Å². The number of hydrogen-bond donors (Lipinski definition) is 4. The normalized spacial score (nSPS) is 14.3. The van der Waals surface area contributed by atoms with E-state index in [1.807, 2.05) is 0 Å². The molecule has 5 heteroatoms. The number of carbonyl (C=O) groups excluding carboxylic acids is 1. The van der Waals surface area contributed by atoms with Crippen LogP contribution in [0.1, 0.15) is 28.4 Å². The molecule has 0 spiro atoms. The smallest absolute Gasteiger partial charge is 0.153 e. The van der Waals surface area contributed by atoms with Gasteiger partial charge in [0.1, 0.15) is 11.9 Å². The number of benzene rings is 1. The van der Waals surface area contributed by atoms with Crippen molar-refractivity contribution in [2.75, 3.05) is 13.6 Å². The molecule has 2 unspecified atom stereocenters. The Hall–Kier alpha value is -1.43. The molecule has 0 aliphatic carbocycles. The van der Waals surface area contributed by atoms with Crippen molar-refractivity contribution >= 4 is 6.29 Å². The van der Waals surface area contributed by atoms with Crippen molar-refractivity contribution in [2.24, 2.45) is 0 Å². The number of aldehydes is 1. The third kappa shape index (κ3) is 3.52. The van der Waals surface area contributed by atoms with E-state index in [1.54, 1.807) is 7.05 Å². The van der Waals surface area contributed by atoms with Crippen LogP contribution in [0.2, 0.25) is 0 Å². The van der Waals surface area contributed by atoms with E-state index < -0.39 is 12.2 Å². The number of aliphatic hydroxyl groups is 2. The van der Waals surface area contributed by atoms with Gasteiger partial charge in [-0.3, -0.25) is 4.79 Å². The van der Waals surface area contributed by atoms with E-state index in [0.717, 1.165) is 0 Å². The van der Waals surface area contributed by atoms with Crippen LogP contribution >= 0.6 is 0 Å². The molecule has 0 radical (unpaired) electrons. The summed E-state index contributed by atoms with van der Waals surface area (Å²) in [6.45, 7) is 0.580. The van der Waals surface area contributed by atoms with Crippen molar-refractivity contribution in [1.29, 1.82) is 0 Å². The number of aromatic hydroxyl groups is 1. The summed E-state index contributed by atoms with van der Waals surface area (Å²) >= 11 is 0. The minimum Gasteiger partial charge on any atom is -0.507 e. The first-order valence-corrected chi connectivity index (χ1v) is 5.39. The fourth-order valence-corrected chi connectivity index (χ4v) is 1.52. The van der Waals surface area contributed by atoms with Crippen LogP contribution in [0, 0.1) is 0 Å². The summed E-state index contributed by atoms with van der Waals surface area (Å²) in [5, 5.41) is 31.8. The van der Waals surface area contributed by atoms with E-state index >= 15 is 0 Å². The Labute approximate surface area is 99.7 Å². The summed E-state index contributed by atoms with van der Waals surface area (Å²) in [6.07, 6.45) is -1.06. The van der Waals surface area contributed by atoms with E-state index in [2.05, 4.69) is 5.32 Å². The van der Waals surface area contributed by atoms with Gasteiger partial charge in [-0.25, -0.2) is 0 Å². The van der Waals surface area contributed by atoms with Gasteiger partial charge in [-0.15, -0.1) is 0 Å². The molecule has 17 heavy (non-hydrogen) atoms. The van der Waals surface area contributed by atoms with E-state index in [9.17, 15) is 20.1 Å². The summed E-state index contributed by atoms with van der Waals surface area (Å²) in [5.74, 6) is -0.197. The SMILES string of the molecule is CNCCC(O)C(O)c1ccc(C=O)c(O)c1. The highest BCUT2D eigenvalue weighted by molar-refractivity contribution is 5.79. The molecule has 0 aliphatic rings. The fraction of sp³-hybridized carbons (Fsp3) is 0.417. The molecule has 1 rings (SSSR count). The summed E-state index contributed by atoms with van der Waals surface area (Å²) < 4.78 is 0. The molecule has 1 aromatic carbocycles. The second kappa shape index (κ2) is 6.34. The van der Waals surface area contributed by atoms with Crippen LogP contribution in [-0.4, -0.2) is 41.3 Å². The number of rotatable bonds is 6. The predicted octanol–water partition coefficient (Wildman–Crippen LogP) is 0.209. The molecule has 0 aliphatic heterocycles. The predicted molar refractivity (Wildman–Crippen MR) is 63.0 cm³/mol. The van der Waals surface area contributed by atoms with Crippen molar-refractivity contribution in [3.8, 4) is 5.75 Å². The standard InChI is InChI=1S/C12H17NO4/c1-13-5-4-10(15)12(17)8-2-3-9(7-14)11(16)6-8/h2-3,6-7,10,12-13,15-17H,4-5H2,1H3. The van der Waals surface area contributed by atoms with Gasteiger partial charge in [-0.05, 0) is 37.7 Å². The minimum absolute atomic E-state index is 0.158. The summed E-state index contributed by atoms with van der Waals surface area (Å²) in [4.78, 5) is 10.5. The van der Waals surface area contributed by atoms with E-state index in [-0.39, 0.29) is 11.3 Å². The van der Waals surface area contributed by atoms with Gasteiger partial charge in [0, 0.05) is 0 Å². The Kier molecular flexibility index (Phi) is 5.09. The Bertz CT molecular complexity index is 381. The molecule has 94 valence electrons. The minimum atomic E-state index is -1.07. The molecular formula is C12H17NO4. The lowest BCUT2D eigenvalue weighted by Gasteiger charge is -2.18. The molecule has 0 saturated carbocycles. The second-order valence-electron chi connectivity index (χ2n) is 3.84. The zero-order valence-electron chi connectivity index (χ0n) is 9.63. The van der Waals surface area contributed by atoms with Gasteiger partial charge >= 0.3 is 0 Å². The molecule has 0 fully saturated rings. The lowest BCUT2D eigenvalue weighted by molar-refractivity contribution is 0.0139. The first kappa shape index (κ1) is 13.6. The zero-order chi connectivity index (χ0) is 12.8. The van der Waals surface area contributed by atoms with Crippen LogP contribution in [0.3, 0.4) is 0 Å². The van der Waals surface area contributed by atoms with Crippen LogP contribution in [0.15, 0.2) is 18.2 Å². The molecule has 2 atom stereocenters. The molecular weight excluding hydrogens is 222 g/mol. The zero-order valence-corrected chi connectivity index (χ0v) is 9.63. The first-order valence-electron chi connectivity index (χ1n) is 5.39. The van der Waals surface area contributed by atoms with Crippen molar-refractivity contribution < 1.29 is 20.1 Å². The third-order valence-electron chi connectivity index (χ3n) is 2.58. The lowest BCUT2D eigenvalue weighted by atomic mass is 10.0. The largest absolute Gasteiger partial charge is 0.507 e. The maximum Gasteiger partial charge on any atom is 0.153 e. The van der Waals surface area contributed by atoms with Gasteiger partial charge in [0.05, 0.1) is 11.7 Å². The highest BCUT2D eigenvalue weighted by Gasteiger charge is 2.18. The Morgan fingerprint density at radius 1 is 1.41 bits per heavy atom. The highest BCUT2D eigenvalue weighted by atomic mass is 16.3. The van der Waals surface area contributed by atoms with Crippen LogP contribution < -0.4 is 5.32 Å². The van der Waals surface area contributed by atoms with Crippen molar-refractivity contribution in [3.63, 3.8) is 0 Å². The summed E-state index contributed by atoms with van der Waals surface area (Å²) in [6, 6.07) is 4.21. The number of nitrogens with one attached hydrogen (secondary N) is 1. The van der Waals surface area contributed by atoms with Crippen LogP contribution in [0.25, 0.3) is 0 Å². The Morgan fingerprint density at radius 3 is 2.65 bits per heavy atom. The Balaban J connectivity index is 2.78. The van der Waals surface area contributed by atoms with Gasteiger partial charge in [0.2, 0.25) is 0 Å². The molecule has 1 aromatic rings. The molecule has 0 aromatic heterocycles. The lowest BCUT2D eigenvalue weighted by Crippen LogP contribution is -2.23. The average molecular weight is 239 g/mol. The molecule has 0 bridgehead atoms. The van der Waals surface area contributed by atoms with Gasteiger partial charge in [0.25, 0.3) is 0 Å². The van der Waals surface area contributed by atoms with Crippen LogP contribution in [-0.2, 0) is 0 Å². The second-order valence-corrected chi connectivity index (χ2v) is 3.84. The summed E-state index contributed by atoms with van der Waals surface area (Å²) in [7, 11) is 1.75. The van der Waals surface area contributed by atoms with E-state index in [4.69, 9.17) is 0 Å². The van der Waals surface area contributed by atoms with Crippen LogP contribution in [0.5, 0.6) is 5.75 Å². The topological polar surface area (TPSA) is 89.8 Å². The molecule has 0 amide bonds. The van der Waals surface area contributed by atoms with E-state index in [0.29, 0.717) is 24.8 Å². The summed E-state index contributed by atoms with van der Waals surface area (Å²) in [5.41, 5.74) is 0.544. The monoisotopic (exact) mass is 239 g/mol. The highest BCUT2D eigenvalue weighted by Crippen LogP contribution is 2.24. The van der Waals surface area contributed by atoms with Gasteiger partial charge in [-0.2, -0.15) is 0 Å². The van der Waals surface area contributed by atoms with Crippen LogP contribution in [0.4, 0.5) is 0 Å². The average Bonchev–Trinajstić information content (AvgIpc) is 2.34. The fourth-order valence-electron chi connectivity index (χ4n) is 1.52. The number of phenolic OH excluding ortho intramolecular Hbond substituents is 1. The van der Waals surface area contributed by atoms with Gasteiger partial charge in [-0.1, -0.05) is 6.07 Å². The van der Waals surface area contributed by atoms with Crippen molar-refractivity contribution in [3.05, 3.63) is 29.3 Å². The van der Waals surface area contributed by atoms with E-state index in [1.165, 1.54) is 18.2 Å². The van der Waals surface area contributed by atoms with Crippen molar-refractivity contribution in [1.82, 2.24) is 5.32 Å². The molecule has 0 heterocycles. The quantitative estimate of drug-likeness (QED) is 0.533. The first-order chi connectivity index (χ1) is 8.10. The van der Waals surface area contributed by atoms with Gasteiger partial charge < -0.3 is 20.6 Å². The van der Waals surface area contributed by atoms with Crippen molar-refractivity contribution in [2.45, 2.75) is 18.6 Å². The molecule has 4 N–H and O–H groups in total. The third-order valence-corrected chi connectivity index (χ3v) is 2.58. The number of hydrogen-bond acceptors (Lipinski definition) is 5. The number of phenols is 1. The maximum absolute atomic E-state index is 10.5. The number of aliphatic hydroxyl groups excluding tert-OH is 2.